The molecule has 5 heteroatoms. The van der Waals surface area contributed by atoms with E-state index in [2.05, 4.69) is 0 Å². The third kappa shape index (κ3) is 3.47. The Hall–Kier alpha value is -1.55. The van der Waals surface area contributed by atoms with E-state index in [1.165, 1.54) is 11.8 Å². The molecule has 1 aromatic carbocycles. The zero-order valence-corrected chi connectivity index (χ0v) is 11.1. The van der Waals surface area contributed by atoms with Gasteiger partial charge in [0.15, 0.2) is 6.04 Å². The molecule has 1 N–H and O–H groups in total. The molecule has 0 fully saturated rings. The first-order valence-electron chi connectivity index (χ1n) is 5.72. The molecule has 1 rings (SSSR count). The van der Waals surface area contributed by atoms with Gasteiger partial charge in [-0.3, -0.25) is 4.79 Å². The molecule has 0 bridgehead atoms. The Balaban J connectivity index is 3.11. The van der Waals surface area contributed by atoms with Crippen molar-refractivity contribution in [2.75, 3.05) is 6.54 Å². The second-order valence-electron chi connectivity index (χ2n) is 4.00. The lowest BCUT2D eigenvalue weighted by Crippen LogP contribution is -2.38. The topological polar surface area (TPSA) is 57.6 Å². The van der Waals surface area contributed by atoms with Crippen molar-refractivity contribution in [2.24, 2.45) is 0 Å². The van der Waals surface area contributed by atoms with Crippen LogP contribution in [0.2, 0.25) is 5.02 Å². The summed E-state index contributed by atoms with van der Waals surface area (Å²) >= 11 is 5.77. The van der Waals surface area contributed by atoms with E-state index >= 15 is 0 Å². The normalized spacial score (nSPS) is 11.9. The molecule has 4 nitrogen and oxygen atoms in total. The molecule has 1 aromatic rings. The minimum Gasteiger partial charge on any atom is -0.479 e. The average molecular weight is 270 g/mol. The molecule has 0 aliphatic rings. The smallest absolute Gasteiger partial charge is 0.331 e. The van der Waals surface area contributed by atoms with Crippen molar-refractivity contribution in [3.05, 3.63) is 34.9 Å². The molecule has 0 spiro atoms. The number of nitrogens with zero attached hydrogens (tertiary/aromatic N) is 1. The van der Waals surface area contributed by atoms with Gasteiger partial charge < -0.3 is 10.0 Å². The molecule has 0 saturated heterocycles. The summed E-state index contributed by atoms with van der Waals surface area (Å²) in [6.07, 6.45) is 0.705. The van der Waals surface area contributed by atoms with E-state index in [4.69, 9.17) is 11.6 Å². The second kappa shape index (κ2) is 6.40. The summed E-state index contributed by atoms with van der Waals surface area (Å²) in [5.41, 5.74) is 0.551. The minimum absolute atomic E-state index is 0.251. The monoisotopic (exact) mass is 269 g/mol. The highest BCUT2D eigenvalue weighted by Crippen LogP contribution is 2.23. The van der Waals surface area contributed by atoms with Gasteiger partial charge in [-0.15, -0.1) is 0 Å². The highest BCUT2D eigenvalue weighted by Gasteiger charge is 2.28. The molecule has 0 aliphatic carbocycles. The number of hydrogen-bond donors (Lipinski definition) is 1. The number of halogens is 1. The molecular weight excluding hydrogens is 254 g/mol. The number of carboxylic acids is 1. The van der Waals surface area contributed by atoms with Crippen molar-refractivity contribution in [1.29, 1.82) is 0 Å². The fraction of sp³-hybridized carbons (Fsp3) is 0.385. The first-order chi connectivity index (χ1) is 8.47. The molecule has 0 aromatic heterocycles. The third-order valence-corrected chi connectivity index (χ3v) is 2.85. The zero-order chi connectivity index (χ0) is 13.7. The lowest BCUT2D eigenvalue weighted by Gasteiger charge is -2.27. The van der Waals surface area contributed by atoms with Gasteiger partial charge in [-0.1, -0.05) is 30.7 Å². The van der Waals surface area contributed by atoms with Gasteiger partial charge in [0, 0.05) is 18.5 Å². The number of amides is 1. The van der Waals surface area contributed by atoms with Gasteiger partial charge in [0.25, 0.3) is 0 Å². The number of benzene rings is 1. The van der Waals surface area contributed by atoms with Crippen molar-refractivity contribution in [2.45, 2.75) is 26.3 Å². The van der Waals surface area contributed by atoms with Gasteiger partial charge >= 0.3 is 5.97 Å². The summed E-state index contributed by atoms with van der Waals surface area (Å²) in [6, 6.07) is 5.55. The Labute approximate surface area is 111 Å². The van der Waals surface area contributed by atoms with E-state index in [9.17, 15) is 14.7 Å². The Bertz CT molecular complexity index is 430. The predicted octanol–water partition coefficient (Wildman–Crippen LogP) is 2.72. The van der Waals surface area contributed by atoms with E-state index in [1.54, 1.807) is 24.3 Å². The van der Waals surface area contributed by atoms with E-state index in [0.29, 0.717) is 23.6 Å². The van der Waals surface area contributed by atoms with Gasteiger partial charge in [-0.25, -0.2) is 4.79 Å². The lowest BCUT2D eigenvalue weighted by molar-refractivity contribution is -0.149. The van der Waals surface area contributed by atoms with Crippen LogP contribution in [0.25, 0.3) is 0 Å². The predicted molar refractivity (Wildman–Crippen MR) is 69.5 cm³/mol. The van der Waals surface area contributed by atoms with Crippen LogP contribution in [0.1, 0.15) is 31.9 Å². The SMILES string of the molecule is CCCN(C(C)=O)C(C(=O)O)c1ccc(Cl)cc1. The maximum absolute atomic E-state index is 11.6. The van der Waals surface area contributed by atoms with Crippen LogP contribution in [-0.4, -0.2) is 28.4 Å². The van der Waals surface area contributed by atoms with Crippen molar-refractivity contribution < 1.29 is 14.7 Å². The van der Waals surface area contributed by atoms with E-state index in [0.717, 1.165) is 0 Å². The quantitative estimate of drug-likeness (QED) is 0.894. The number of carbonyl (C=O) groups is 2. The van der Waals surface area contributed by atoms with Crippen molar-refractivity contribution in [3.63, 3.8) is 0 Å². The Morgan fingerprint density at radius 3 is 2.28 bits per heavy atom. The van der Waals surface area contributed by atoms with E-state index in [1.807, 2.05) is 6.92 Å². The number of carboxylic acid groups (broad SMARTS) is 1. The number of carbonyl (C=O) groups excluding carboxylic acids is 1. The summed E-state index contributed by atoms with van der Waals surface area (Å²) in [7, 11) is 0. The average Bonchev–Trinajstić information content (AvgIpc) is 2.30. The van der Waals surface area contributed by atoms with Crippen LogP contribution in [0.3, 0.4) is 0 Å². The summed E-state index contributed by atoms with van der Waals surface area (Å²) in [5, 5.41) is 9.85. The lowest BCUT2D eigenvalue weighted by atomic mass is 10.1. The van der Waals surface area contributed by atoms with Gasteiger partial charge in [0.1, 0.15) is 0 Å². The van der Waals surface area contributed by atoms with Crippen molar-refractivity contribution >= 4 is 23.5 Å². The highest BCUT2D eigenvalue weighted by atomic mass is 35.5. The van der Waals surface area contributed by atoms with E-state index in [-0.39, 0.29) is 5.91 Å². The van der Waals surface area contributed by atoms with Crippen molar-refractivity contribution in [1.82, 2.24) is 4.90 Å². The van der Waals surface area contributed by atoms with E-state index < -0.39 is 12.0 Å². The fourth-order valence-corrected chi connectivity index (χ4v) is 1.94. The summed E-state index contributed by atoms with van der Waals surface area (Å²) < 4.78 is 0. The highest BCUT2D eigenvalue weighted by molar-refractivity contribution is 6.30. The maximum Gasteiger partial charge on any atom is 0.331 e. The Morgan fingerprint density at radius 2 is 1.89 bits per heavy atom. The van der Waals surface area contributed by atoms with Gasteiger partial charge in [0.05, 0.1) is 0 Å². The number of hydrogen-bond acceptors (Lipinski definition) is 2. The molecule has 1 unspecified atom stereocenters. The molecular formula is C13H16ClNO3. The molecule has 1 atom stereocenters. The zero-order valence-electron chi connectivity index (χ0n) is 10.4. The van der Waals surface area contributed by atoms with Crippen LogP contribution < -0.4 is 0 Å². The van der Waals surface area contributed by atoms with Crippen LogP contribution in [0.5, 0.6) is 0 Å². The molecule has 98 valence electrons. The van der Waals surface area contributed by atoms with Crippen LogP contribution in [-0.2, 0) is 9.59 Å². The van der Waals surface area contributed by atoms with Gasteiger partial charge in [0.2, 0.25) is 5.91 Å². The van der Waals surface area contributed by atoms with Gasteiger partial charge in [-0.2, -0.15) is 0 Å². The van der Waals surface area contributed by atoms with Crippen LogP contribution >= 0.6 is 11.6 Å². The van der Waals surface area contributed by atoms with Crippen LogP contribution in [0.15, 0.2) is 24.3 Å². The number of rotatable bonds is 5. The molecule has 1 amide bonds. The maximum atomic E-state index is 11.6. The largest absolute Gasteiger partial charge is 0.479 e. The first-order valence-corrected chi connectivity index (χ1v) is 6.10. The van der Waals surface area contributed by atoms with Crippen LogP contribution in [0.4, 0.5) is 0 Å². The molecule has 0 heterocycles. The van der Waals surface area contributed by atoms with Crippen LogP contribution in [0, 0.1) is 0 Å². The number of aliphatic carboxylic acids is 1. The fourth-order valence-electron chi connectivity index (χ4n) is 1.81. The third-order valence-electron chi connectivity index (χ3n) is 2.60. The molecule has 18 heavy (non-hydrogen) atoms. The summed E-state index contributed by atoms with van der Waals surface area (Å²) in [5.74, 6) is -1.29. The van der Waals surface area contributed by atoms with Crippen molar-refractivity contribution in [3.8, 4) is 0 Å². The minimum atomic E-state index is -1.04. The summed E-state index contributed by atoms with van der Waals surface area (Å²) in [4.78, 5) is 24.3. The Kier molecular flexibility index (Phi) is 5.16. The molecule has 0 aliphatic heterocycles. The standard InChI is InChI=1S/C13H16ClNO3/c1-3-8-15(9(2)16)12(13(17)18)10-4-6-11(14)7-5-10/h4-7,12H,3,8H2,1-2H3,(H,17,18). The Morgan fingerprint density at radius 1 is 1.33 bits per heavy atom. The van der Waals surface area contributed by atoms with Gasteiger partial charge in [-0.05, 0) is 24.1 Å². The second-order valence-corrected chi connectivity index (χ2v) is 4.44. The molecule has 0 radical (unpaired) electrons. The molecule has 0 saturated carbocycles. The summed E-state index contributed by atoms with van der Waals surface area (Å²) in [6.45, 7) is 3.69. The first kappa shape index (κ1) is 14.5.